The fourth-order valence-electron chi connectivity index (χ4n) is 1.63. The molecule has 0 amide bonds. The van der Waals surface area contributed by atoms with E-state index < -0.39 is 0 Å². The molecule has 0 bridgehead atoms. The van der Waals surface area contributed by atoms with E-state index in [9.17, 15) is 4.79 Å². The average Bonchev–Trinajstić information content (AvgIpc) is 2.93. The first-order valence-electron chi connectivity index (χ1n) is 4.52. The lowest BCUT2D eigenvalue weighted by Crippen LogP contribution is -2.00. The standard InChI is InChI=1S/C10H6N2O2S2/c1-14-10(13)6-4-7-5(2-3-15-7)8-9(6)16-12-11-8/h2-4H,1H3. The van der Waals surface area contributed by atoms with Crippen LogP contribution in [-0.4, -0.2) is 22.7 Å². The molecule has 0 fully saturated rings. The number of benzene rings is 1. The highest BCUT2D eigenvalue weighted by Crippen LogP contribution is 2.32. The van der Waals surface area contributed by atoms with E-state index in [0.717, 1.165) is 20.3 Å². The predicted octanol–water partition coefficient (Wildman–Crippen LogP) is 2.69. The molecule has 0 N–H and O–H groups in total. The molecule has 0 saturated carbocycles. The van der Waals surface area contributed by atoms with Crippen LogP contribution in [0.3, 0.4) is 0 Å². The summed E-state index contributed by atoms with van der Waals surface area (Å²) >= 11 is 2.80. The number of hydrogen-bond donors (Lipinski definition) is 0. The smallest absolute Gasteiger partial charge is 0.339 e. The maximum atomic E-state index is 11.6. The van der Waals surface area contributed by atoms with Crippen molar-refractivity contribution in [1.82, 2.24) is 9.59 Å². The van der Waals surface area contributed by atoms with Crippen LogP contribution in [-0.2, 0) is 4.74 Å². The van der Waals surface area contributed by atoms with Gasteiger partial charge in [-0.2, -0.15) is 0 Å². The van der Waals surface area contributed by atoms with Crippen molar-refractivity contribution in [3.05, 3.63) is 23.1 Å². The Kier molecular flexibility index (Phi) is 2.12. The first kappa shape index (κ1) is 9.68. The molecule has 3 aromatic rings. The topological polar surface area (TPSA) is 52.1 Å². The van der Waals surface area contributed by atoms with Crippen molar-refractivity contribution in [2.45, 2.75) is 0 Å². The lowest BCUT2D eigenvalue weighted by molar-refractivity contribution is 0.0603. The van der Waals surface area contributed by atoms with E-state index in [0.29, 0.717) is 5.56 Å². The molecular formula is C10H6N2O2S2. The van der Waals surface area contributed by atoms with E-state index >= 15 is 0 Å². The van der Waals surface area contributed by atoms with Crippen molar-refractivity contribution < 1.29 is 9.53 Å². The number of hydrogen-bond acceptors (Lipinski definition) is 6. The Bertz CT molecular complexity index is 686. The van der Waals surface area contributed by atoms with E-state index in [-0.39, 0.29) is 5.97 Å². The van der Waals surface area contributed by atoms with Crippen molar-refractivity contribution in [2.24, 2.45) is 0 Å². The minimum atomic E-state index is -0.341. The minimum Gasteiger partial charge on any atom is -0.465 e. The van der Waals surface area contributed by atoms with Gasteiger partial charge in [-0.3, -0.25) is 0 Å². The molecule has 16 heavy (non-hydrogen) atoms. The van der Waals surface area contributed by atoms with Gasteiger partial charge in [-0.25, -0.2) is 4.79 Å². The third-order valence-electron chi connectivity index (χ3n) is 2.36. The highest BCUT2D eigenvalue weighted by Gasteiger charge is 2.16. The second kappa shape index (κ2) is 3.50. The molecular weight excluding hydrogens is 244 g/mol. The summed E-state index contributed by atoms with van der Waals surface area (Å²) in [6.45, 7) is 0. The van der Waals surface area contributed by atoms with Gasteiger partial charge in [0.2, 0.25) is 0 Å². The highest BCUT2D eigenvalue weighted by molar-refractivity contribution is 7.18. The average molecular weight is 250 g/mol. The lowest BCUT2D eigenvalue weighted by Gasteiger charge is -2.00. The highest BCUT2D eigenvalue weighted by atomic mass is 32.1. The fourth-order valence-corrected chi connectivity index (χ4v) is 3.14. The number of rotatable bonds is 1. The van der Waals surface area contributed by atoms with Crippen LogP contribution in [0, 0.1) is 0 Å². The molecule has 0 unspecified atom stereocenters. The largest absolute Gasteiger partial charge is 0.465 e. The molecule has 0 spiro atoms. The zero-order valence-electron chi connectivity index (χ0n) is 8.26. The Morgan fingerprint density at radius 3 is 3.19 bits per heavy atom. The molecule has 0 atom stereocenters. The SMILES string of the molecule is COC(=O)c1cc2sccc2c2nnsc12. The van der Waals surface area contributed by atoms with Crippen LogP contribution in [0.1, 0.15) is 10.4 Å². The first-order chi connectivity index (χ1) is 7.81. The van der Waals surface area contributed by atoms with Crippen molar-refractivity contribution >= 4 is 49.1 Å². The number of methoxy groups -OCH3 is 1. The van der Waals surface area contributed by atoms with Crippen LogP contribution in [0.25, 0.3) is 20.3 Å². The second-order valence-corrected chi connectivity index (χ2v) is 4.90. The molecule has 80 valence electrons. The normalized spacial score (nSPS) is 11.1. The van der Waals surface area contributed by atoms with Crippen LogP contribution < -0.4 is 0 Å². The third kappa shape index (κ3) is 1.23. The van der Waals surface area contributed by atoms with Gasteiger partial charge >= 0.3 is 5.97 Å². The Balaban J connectivity index is 2.47. The summed E-state index contributed by atoms with van der Waals surface area (Å²) in [7, 11) is 1.38. The van der Waals surface area contributed by atoms with Gasteiger partial charge < -0.3 is 4.74 Å². The summed E-state index contributed by atoms with van der Waals surface area (Å²) in [5.41, 5.74) is 1.33. The Labute approximate surface area is 98.6 Å². The lowest BCUT2D eigenvalue weighted by atomic mass is 10.1. The maximum Gasteiger partial charge on any atom is 0.339 e. The van der Waals surface area contributed by atoms with Gasteiger partial charge in [-0.1, -0.05) is 4.49 Å². The molecule has 0 saturated heterocycles. The first-order valence-corrected chi connectivity index (χ1v) is 6.17. The predicted molar refractivity (Wildman–Crippen MR) is 64.1 cm³/mol. The number of ether oxygens (including phenoxy) is 1. The summed E-state index contributed by atoms with van der Waals surface area (Å²) in [4.78, 5) is 11.6. The van der Waals surface area contributed by atoms with Crippen LogP contribution in [0.4, 0.5) is 0 Å². The zero-order valence-corrected chi connectivity index (χ0v) is 9.89. The maximum absolute atomic E-state index is 11.6. The van der Waals surface area contributed by atoms with Gasteiger partial charge in [0, 0.05) is 10.1 Å². The monoisotopic (exact) mass is 250 g/mol. The summed E-state index contributed by atoms with van der Waals surface area (Å²) < 4.78 is 10.5. The third-order valence-corrected chi connectivity index (χ3v) is 3.99. The molecule has 0 radical (unpaired) electrons. The number of fused-ring (bicyclic) bond motifs is 3. The quantitative estimate of drug-likeness (QED) is 0.623. The molecule has 2 aromatic heterocycles. The Morgan fingerprint density at radius 1 is 1.50 bits per heavy atom. The zero-order chi connectivity index (χ0) is 11.1. The summed E-state index contributed by atoms with van der Waals surface area (Å²) in [5, 5.41) is 7.08. The molecule has 4 nitrogen and oxygen atoms in total. The molecule has 1 aromatic carbocycles. The molecule has 0 aliphatic carbocycles. The number of aromatic nitrogens is 2. The van der Waals surface area contributed by atoms with E-state index in [1.165, 1.54) is 18.6 Å². The number of nitrogens with zero attached hydrogens (tertiary/aromatic N) is 2. The van der Waals surface area contributed by atoms with Crippen LogP contribution in [0.2, 0.25) is 0 Å². The van der Waals surface area contributed by atoms with Gasteiger partial charge in [-0.15, -0.1) is 16.4 Å². The number of thiophene rings is 1. The van der Waals surface area contributed by atoms with Crippen LogP contribution >= 0.6 is 22.9 Å². The molecule has 6 heteroatoms. The van der Waals surface area contributed by atoms with Crippen molar-refractivity contribution in [3.8, 4) is 0 Å². The van der Waals surface area contributed by atoms with Gasteiger partial charge in [0.1, 0.15) is 5.52 Å². The van der Waals surface area contributed by atoms with Crippen molar-refractivity contribution in [1.29, 1.82) is 0 Å². The van der Waals surface area contributed by atoms with E-state index in [1.54, 1.807) is 11.3 Å². The van der Waals surface area contributed by atoms with E-state index in [4.69, 9.17) is 4.74 Å². The molecule has 2 heterocycles. The van der Waals surface area contributed by atoms with Crippen LogP contribution in [0.15, 0.2) is 17.5 Å². The van der Waals surface area contributed by atoms with Gasteiger partial charge in [-0.05, 0) is 29.0 Å². The number of carbonyl (C=O) groups is 1. The second-order valence-electron chi connectivity index (χ2n) is 3.20. The Hall–Kier alpha value is -1.53. The van der Waals surface area contributed by atoms with Crippen molar-refractivity contribution in [3.63, 3.8) is 0 Å². The summed E-state index contributed by atoms with van der Waals surface area (Å²) in [6.07, 6.45) is 0. The minimum absolute atomic E-state index is 0.341. The van der Waals surface area contributed by atoms with Gasteiger partial charge in [0.25, 0.3) is 0 Å². The molecule has 0 aliphatic rings. The van der Waals surface area contributed by atoms with Crippen molar-refractivity contribution in [2.75, 3.05) is 7.11 Å². The van der Waals surface area contributed by atoms with E-state index in [1.807, 2.05) is 17.5 Å². The Morgan fingerprint density at radius 2 is 2.38 bits per heavy atom. The fraction of sp³-hybridized carbons (Fsp3) is 0.100. The number of esters is 1. The molecule has 0 aliphatic heterocycles. The summed E-state index contributed by atoms with van der Waals surface area (Å²) in [6, 6.07) is 3.83. The van der Waals surface area contributed by atoms with E-state index in [2.05, 4.69) is 9.59 Å². The van der Waals surface area contributed by atoms with Gasteiger partial charge in [0.15, 0.2) is 0 Å². The van der Waals surface area contributed by atoms with Crippen LogP contribution in [0.5, 0.6) is 0 Å². The summed E-state index contributed by atoms with van der Waals surface area (Å²) in [5.74, 6) is -0.341. The molecule has 3 rings (SSSR count). The van der Waals surface area contributed by atoms with Gasteiger partial charge in [0.05, 0.1) is 17.4 Å². The number of carbonyl (C=O) groups excluding carboxylic acids is 1.